The van der Waals surface area contributed by atoms with Crippen molar-refractivity contribution in [3.63, 3.8) is 0 Å². The highest BCUT2D eigenvalue weighted by atomic mass is 16.3. The van der Waals surface area contributed by atoms with Gasteiger partial charge in [0, 0.05) is 54.7 Å². The molecule has 3 aromatic heterocycles. The molecule has 1 aliphatic heterocycles. The van der Waals surface area contributed by atoms with E-state index in [9.17, 15) is 0 Å². The van der Waals surface area contributed by atoms with E-state index in [0.29, 0.717) is 5.84 Å². The fourth-order valence-electron chi connectivity index (χ4n) is 11.4. The van der Waals surface area contributed by atoms with Crippen molar-refractivity contribution in [1.29, 1.82) is 0 Å². The van der Waals surface area contributed by atoms with Gasteiger partial charge in [-0.1, -0.05) is 165 Å². The third-order valence-electron chi connectivity index (χ3n) is 14.8. The van der Waals surface area contributed by atoms with E-state index in [2.05, 4.69) is 212 Å². The lowest BCUT2D eigenvalue weighted by atomic mass is 9.92. The van der Waals surface area contributed by atoms with Gasteiger partial charge in [-0.3, -0.25) is 0 Å². The van der Waals surface area contributed by atoms with Crippen molar-refractivity contribution in [2.24, 2.45) is 15.9 Å². The van der Waals surface area contributed by atoms with E-state index in [1.165, 1.54) is 43.1 Å². The first-order valence-corrected chi connectivity index (χ1v) is 24.1. The van der Waals surface area contributed by atoms with Crippen LogP contribution in [0.2, 0.25) is 0 Å². The molecule has 5 heteroatoms. The average molecular weight is 896 g/mol. The molecule has 328 valence electrons. The van der Waals surface area contributed by atoms with Crippen molar-refractivity contribution in [1.82, 2.24) is 4.57 Å². The summed E-state index contributed by atoms with van der Waals surface area (Å²) in [4.78, 5) is 11.5. The van der Waals surface area contributed by atoms with Crippen LogP contribution in [0.5, 0.6) is 0 Å². The second-order valence-corrected chi connectivity index (χ2v) is 18.9. The number of furan rings is 2. The van der Waals surface area contributed by atoms with Gasteiger partial charge in [-0.2, -0.15) is 0 Å². The summed E-state index contributed by atoms with van der Waals surface area (Å²) in [5.41, 5.74) is 11.2. The maximum atomic E-state index is 7.33. The normalized spacial score (nSPS) is 16.9. The highest BCUT2D eigenvalue weighted by molar-refractivity contribution is 6.27. The van der Waals surface area contributed by atoms with Gasteiger partial charge in [0.2, 0.25) is 0 Å². The number of hydrogen-bond donors (Lipinski definition) is 0. The van der Waals surface area contributed by atoms with Crippen LogP contribution < -0.4 is 0 Å². The Morgan fingerprint density at radius 2 is 1.09 bits per heavy atom. The van der Waals surface area contributed by atoms with E-state index in [-0.39, 0.29) is 5.92 Å². The topological polar surface area (TPSA) is 55.9 Å². The van der Waals surface area contributed by atoms with Crippen molar-refractivity contribution >= 4 is 126 Å². The van der Waals surface area contributed by atoms with Crippen molar-refractivity contribution in [3.8, 4) is 5.69 Å². The van der Waals surface area contributed by atoms with Crippen molar-refractivity contribution < 1.29 is 8.83 Å². The molecule has 70 heavy (non-hydrogen) atoms. The van der Waals surface area contributed by atoms with E-state index in [0.717, 1.165) is 106 Å². The largest absolute Gasteiger partial charge is 0.455 e. The quantitative estimate of drug-likeness (QED) is 0.177. The maximum Gasteiger partial charge on any atom is 0.160 e. The predicted molar refractivity (Wildman–Crippen MR) is 293 cm³/mol. The van der Waals surface area contributed by atoms with Gasteiger partial charge in [0.25, 0.3) is 0 Å². The molecule has 0 amide bonds. The highest BCUT2D eigenvalue weighted by Crippen LogP contribution is 2.44. The van der Waals surface area contributed by atoms with Crippen LogP contribution in [0.25, 0.3) is 120 Å². The molecule has 0 spiro atoms. The Morgan fingerprint density at radius 3 is 1.90 bits per heavy atom. The van der Waals surface area contributed by atoms with Gasteiger partial charge in [-0.15, -0.1) is 0 Å². The van der Waals surface area contributed by atoms with Crippen LogP contribution in [-0.2, 0) is 0 Å². The minimum atomic E-state index is 0.0528. The monoisotopic (exact) mass is 895 g/mol. The average Bonchev–Trinajstić information content (AvgIpc) is 4.08. The van der Waals surface area contributed by atoms with Crippen LogP contribution in [-0.4, -0.2) is 16.1 Å². The molecule has 1 aliphatic rings. The molecule has 5 nitrogen and oxygen atoms in total. The second-order valence-electron chi connectivity index (χ2n) is 18.9. The lowest BCUT2D eigenvalue weighted by Gasteiger charge is -2.19. The molecule has 0 fully saturated rings. The Morgan fingerprint density at radius 1 is 0.443 bits per heavy atom. The number of para-hydroxylation sites is 2. The molecular formula is C65H41N3O2. The van der Waals surface area contributed by atoms with Gasteiger partial charge in [0.15, 0.2) is 11.4 Å². The van der Waals surface area contributed by atoms with E-state index in [4.69, 9.17) is 18.8 Å². The van der Waals surface area contributed by atoms with E-state index in [1.807, 2.05) is 12.1 Å². The third-order valence-corrected chi connectivity index (χ3v) is 14.8. The van der Waals surface area contributed by atoms with Crippen LogP contribution in [0.4, 0.5) is 0 Å². The number of aromatic nitrogens is 1. The van der Waals surface area contributed by atoms with Crippen LogP contribution in [0.15, 0.2) is 231 Å². The number of hydrogen-bond acceptors (Lipinski definition) is 4. The summed E-state index contributed by atoms with van der Waals surface area (Å²) in [6, 6.07) is 73.9. The first kappa shape index (κ1) is 39.0. The Kier molecular flexibility index (Phi) is 8.34. The van der Waals surface area contributed by atoms with Gasteiger partial charge in [0.1, 0.15) is 16.7 Å². The SMILES string of the molecule is CC1C/C=C(c2cccc3c2oc2ccccc23)/N=C(c2ccc(-n3c4cc5ccccc5cc4c4ccc5ccccc5c43)c3oc4cc5ccccc5cc4c23)\N=C/1c1ccc2ccccc2c1. The molecule has 1 atom stereocenters. The van der Waals surface area contributed by atoms with E-state index >= 15 is 0 Å². The van der Waals surface area contributed by atoms with Crippen molar-refractivity contribution in [3.05, 3.63) is 229 Å². The number of allylic oxidation sites excluding steroid dienone is 1. The smallest absolute Gasteiger partial charge is 0.160 e. The minimum Gasteiger partial charge on any atom is -0.455 e. The van der Waals surface area contributed by atoms with Crippen LogP contribution >= 0.6 is 0 Å². The number of aliphatic imine (C=N–C) groups is 2. The molecule has 0 saturated heterocycles. The molecule has 4 heterocycles. The van der Waals surface area contributed by atoms with E-state index in [1.54, 1.807) is 0 Å². The number of benzene rings is 11. The first-order valence-electron chi connectivity index (χ1n) is 24.1. The standard InChI is InChI=1S/C65H41N3O2/c1-38-25-31-55(51-23-12-22-50-48-21-10-11-24-58(48)69-63(50)51)66-65(67-61(38)46-27-26-39-13-2-3-15-41(39)33-46)52-30-32-56(64-60(52)54-35-43-17-5-7-19-45(43)37-59(54)70-64)68-57-36-44-18-6-4-16-42(44)34-53(57)49-29-28-40-14-8-9-20-47(40)62(49)68/h2-24,26-38H,25H2,1H3/b55-31+,66-65-,67-61+. The molecule has 11 aromatic carbocycles. The zero-order valence-corrected chi connectivity index (χ0v) is 38.1. The summed E-state index contributed by atoms with van der Waals surface area (Å²) in [5, 5.41) is 15.9. The molecule has 15 rings (SSSR count). The van der Waals surface area contributed by atoms with Gasteiger partial charge in [-0.25, -0.2) is 9.98 Å². The zero-order chi connectivity index (χ0) is 46.0. The number of nitrogens with zero attached hydrogens (tertiary/aromatic N) is 3. The Labute approximate surface area is 401 Å². The fraction of sp³-hybridized carbons (Fsp3) is 0.0462. The highest BCUT2D eigenvalue weighted by Gasteiger charge is 2.27. The lowest BCUT2D eigenvalue weighted by Crippen LogP contribution is -2.17. The van der Waals surface area contributed by atoms with Crippen LogP contribution in [0.1, 0.15) is 30.0 Å². The maximum absolute atomic E-state index is 7.33. The molecule has 0 saturated carbocycles. The first-order chi connectivity index (χ1) is 34.6. The molecule has 1 unspecified atom stereocenters. The number of amidine groups is 1. The lowest BCUT2D eigenvalue weighted by molar-refractivity contribution is 0.666. The van der Waals surface area contributed by atoms with Gasteiger partial charge >= 0.3 is 0 Å². The fourth-order valence-corrected chi connectivity index (χ4v) is 11.4. The summed E-state index contributed by atoms with van der Waals surface area (Å²) < 4.78 is 16.5. The third kappa shape index (κ3) is 5.85. The molecule has 0 aliphatic carbocycles. The van der Waals surface area contributed by atoms with Gasteiger partial charge in [-0.05, 0) is 104 Å². The number of rotatable bonds is 4. The zero-order valence-electron chi connectivity index (χ0n) is 38.1. The Hall–Kier alpha value is -9.06. The van der Waals surface area contributed by atoms with Gasteiger partial charge in [0.05, 0.1) is 28.1 Å². The molecule has 0 radical (unpaired) electrons. The molecule has 0 bridgehead atoms. The molecular weight excluding hydrogens is 855 g/mol. The molecule has 0 N–H and O–H groups in total. The minimum absolute atomic E-state index is 0.0528. The summed E-state index contributed by atoms with van der Waals surface area (Å²) in [6.45, 7) is 2.28. The summed E-state index contributed by atoms with van der Waals surface area (Å²) in [6.07, 6.45) is 3.02. The van der Waals surface area contributed by atoms with E-state index < -0.39 is 0 Å². The molecule has 14 aromatic rings. The summed E-state index contributed by atoms with van der Waals surface area (Å²) in [5.74, 6) is 0.664. The van der Waals surface area contributed by atoms with Crippen LogP contribution in [0, 0.1) is 5.92 Å². The predicted octanol–water partition coefficient (Wildman–Crippen LogP) is 17.5. The van der Waals surface area contributed by atoms with Crippen LogP contribution in [0.3, 0.4) is 0 Å². The summed E-state index contributed by atoms with van der Waals surface area (Å²) >= 11 is 0. The number of fused-ring (bicyclic) bond motifs is 14. The Balaban J connectivity index is 1.06. The van der Waals surface area contributed by atoms with Gasteiger partial charge < -0.3 is 13.4 Å². The second kappa shape index (κ2) is 15.0. The van der Waals surface area contributed by atoms with Crippen molar-refractivity contribution in [2.45, 2.75) is 13.3 Å². The Bertz CT molecular complexity index is 4650. The summed E-state index contributed by atoms with van der Waals surface area (Å²) in [7, 11) is 0. The van der Waals surface area contributed by atoms with Crippen molar-refractivity contribution in [2.75, 3.05) is 0 Å².